The normalized spacial score (nSPS) is 19.9. The number of hydrogen-bond donors (Lipinski definition) is 5. The number of rotatable bonds is 11. The minimum Gasteiger partial charge on any atom is -0.494 e. The van der Waals surface area contributed by atoms with E-state index in [4.69, 9.17) is 4.74 Å². The van der Waals surface area contributed by atoms with E-state index >= 15 is 0 Å². The van der Waals surface area contributed by atoms with Crippen LogP contribution >= 0.6 is 0 Å². The highest BCUT2D eigenvalue weighted by molar-refractivity contribution is 5.77. The molecular formula is C25H36FN7O3. The van der Waals surface area contributed by atoms with Gasteiger partial charge in [0.1, 0.15) is 6.04 Å². The fourth-order valence-corrected chi connectivity index (χ4v) is 5.13. The lowest BCUT2D eigenvalue weighted by molar-refractivity contribution is -0.139. The number of aliphatic carboxylic acids is 1. The van der Waals surface area contributed by atoms with Gasteiger partial charge in [-0.25, -0.2) is 9.18 Å². The molecular weight excluding hydrogens is 465 g/mol. The highest BCUT2D eigenvalue weighted by Crippen LogP contribution is 2.29. The molecule has 11 heteroatoms. The zero-order chi connectivity index (χ0) is 25.5. The molecule has 36 heavy (non-hydrogen) atoms. The van der Waals surface area contributed by atoms with Crippen molar-refractivity contribution in [2.75, 3.05) is 29.6 Å². The van der Waals surface area contributed by atoms with E-state index in [2.05, 4.69) is 43.1 Å². The van der Waals surface area contributed by atoms with Crippen LogP contribution in [0.1, 0.15) is 58.3 Å². The van der Waals surface area contributed by atoms with E-state index in [1.54, 1.807) is 6.07 Å². The number of halogens is 1. The van der Waals surface area contributed by atoms with Crippen LogP contribution in [0.25, 0.3) is 0 Å². The van der Waals surface area contributed by atoms with Gasteiger partial charge in [0, 0.05) is 23.8 Å². The third-order valence-corrected chi connectivity index (χ3v) is 7.05. The van der Waals surface area contributed by atoms with Gasteiger partial charge in [-0.05, 0) is 56.7 Å². The van der Waals surface area contributed by atoms with Gasteiger partial charge in [-0.15, -0.1) is 0 Å². The lowest BCUT2D eigenvalue weighted by atomic mass is 9.84. The molecule has 0 radical (unpaired) electrons. The Morgan fingerprint density at radius 1 is 1.11 bits per heavy atom. The molecule has 0 spiro atoms. The van der Waals surface area contributed by atoms with E-state index in [1.165, 1.54) is 19.2 Å². The number of aromatic nitrogens is 3. The third kappa shape index (κ3) is 6.51. The smallest absolute Gasteiger partial charge is 0.326 e. The van der Waals surface area contributed by atoms with E-state index < -0.39 is 17.8 Å². The number of nitrogens with zero attached hydrogens (tertiary/aromatic N) is 3. The van der Waals surface area contributed by atoms with Crippen molar-refractivity contribution in [1.82, 2.24) is 20.3 Å². The minimum atomic E-state index is -0.926. The summed E-state index contributed by atoms with van der Waals surface area (Å²) >= 11 is 0. The molecule has 5 N–H and O–H groups in total. The van der Waals surface area contributed by atoms with Crippen LogP contribution in [0.3, 0.4) is 0 Å². The van der Waals surface area contributed by atoms with Crippen molar-refractivity contribution in [2.24, 2.45) is 5.92 Å². The molecule has 1 aromatic heterocycles. The molecule has 3 atom stereocenters. The number of anilines is 4. The van der Waals surface area contributed by atoms with Gasteiger partial charge in [0.05, 0.1) is 7.11 Å². The monoisotopic (exact) mass is 501 g/mol. The zero-order valence-corrected chi connectivity index (χ0v) is 20.9. The molecule has 1 saturated carbocycles. The average Bonchev–Trinajstić information content (AvgIpc) is 3.41. The summed E-state index contributed by atoms with van der Waals surface area (Å²) in [6, 6.07) is 4.06. The number of benzene rings is 1. The van der Waals surface area contributed by atoms with E-state index in [9.17, 15) is 14.3 Å². The molecule has 0 bridgehead atoms. The second kappa shape index (κ2) is 12.2. The lowest BCUT2D eigenvalue weighted by Crippen LogP contribution is -2.40. The molecule has 3 unspecified atom stereocenters. The van der Waals surface area contributed by atoms with Crippen LogP contribution in [-0.4, -0.2) is 57.8 Å². The Morgan fingerprint density at radius 2 is 1.83 bits per heavy atom. The third-order valence-electron chi connectivity index (χ3n) is 7.05. The fourth-order valence-electron chi connectivity index (χ4n) is 5.13. The second-order valence-electron chi connectivity index (χ2n) is 9.50. The maximum absolute atomic E-state index is 14.3. The summed E-state index contributed by atoms with van der Waals surface area (Å²) in [5.41, 5.74) is 0.433. The van der Waals surface area contributed by atoms with Crippen molar-refractivity contribution in [3.63, 3.8) is 0 Å². The van der Waals surface area contributed by atoms with Crippen molar-refractivity contribution in [3.8, 4) is 5.75 Å². The van der Waals surface area contributed by atoms with Gasteiger partial charge in [0.2, 0.25) is 17.8 Å². The van der Waals surface area contributed by atoms with Crippen LogP contribution < -0.4 is 26.0 Å². The van der Waals surface area contributed by atoms with Crippen LogP contribution in [-0.2, 0) is 4.79 Å². The molecule has 1 aliphatic heterocycles. The SMILES string of the molecule is CCC(Nc1nc(Nc2ccc(OC)c(F)c2)nc(NC(C(=O)O)C2CCCCC2)n1)C1CCCN1. The topological polar surface area (TPSA) is 133 Å². The Hall–Kier alpha value is -3.21. The summed E-state index contributed by atoms with van der Waals surface area (Å²) in [6.45, 7) is 3.07. The first-order valence-electron chi connectivity index (χ1n) is 12.8. The molecule has 2 aromatic rings. The average molecular weight is 502 g/mol. The molecule has 0 amide bonds. The predicted molar refractivity (Wildman–Crippen MR) is 136 cm³/mol. The standard InChI is InChI=1S/C25H36FN7O3/c1-3-18(19-10-7-13-27-19)29-24-31-23(28-16-11-12-20(36-2)17(26)14-16)32-25(33-24)30-21(22(34)35)15-8-5-4-6-9-15/h11-12,14-15,18-19,21,27H,3-10,13H2,1-2H3,(H,34,35)(H3,28,29,30,31,32,33). The predicted octanol–water partition coefficient (Wildman–Crippen LogP) is 4.15. The summed E-state index contributed by atoms with van der Waals surface area (Å²) in [7, 11) is 1.40. The Balaban J connectivity index is 1.61. The number of carboxylic acids is 1. The van der Waals surface area contributed by atoms with Crippen LogP contribution in [0, 0.1) is 11.7 Å². The molecule has 1 aliphatic carbocycles. The number of nitrogens with one attached hydrogen (secondary N) is 4. The molecule has 2 fully saturated rings. The molecule has 2 aliphatic rings. The van der Waals surface area contributed by atoms with E-state index in [1.807, 2.05) is 0 Å². The van der Waals surface area contributed by atoms with Gasteiger partial charge in [-0.2, -0.15) is 15.0 Å². The van der Waals surface area contributed by atoms with Crippen molar-refractivity contribution < 1.29 is 19.0 Å². The van der Waals surface area contributed by atoms with Gasteiger partial charge >= 0.3 is 5.97 Å². The molecule has 1 aromatic carbocycles. The first-order valence-corrected chi connectivity index (χ1v) is 12.8. The number of methoxy groups -OCH3 is 1. The maximum atomic E-state index is 14.3. The van der Waals surface area contributed by atoms with Crippen LogP contribution in [0.15, 0.2) is 18.2 Å². The molecule has 2 heterocycles. The van der Waals surface area contributed by atoms with Gasteiger partial charge < -0.3 is 31.1 Å². The first-order chi connectivity index (χ1) is 17.5. The van der Waals surface area contributed by atoms with Crippen LogP contribution in [0.2, 0.25) is 0 Å². The number of carbonyl (C=O) groups is 1. The van der Waals surface area contributed by atoms with E-state index in [0.717, 1.165) is 57.9 Å². The Bertz CT molecular complexity index is 1030. The fraction of sp³-hybridized carbons (Fsp3) is 0.600. The van der Waals surface area contributed by atoms with Crippen molar-refractivity contribution in [2.45, 2.75) is 76.4 Å². The highest BCUT2D eigenvalue weighted by Gasteiger charge is 2.31. The van der Waals surface area contributed by atoms with E-state index in [0.29, 0.717) is 17.7 Å². The minimum absolute atomic E-state index is 0.00240. The van der Waals surface area contributed by atoms with Crippen LogP contribution in [0.4, 0.5) is 27.9 Å². The van der Waals surface area contributed by atoms with Crippen molar-refractivity contribution >= 4 is 29.5 Å². The van der Waals surface area contributed by atoms with E-state index in [-0.39, 0.29) is 29.6 Å². The summed E-state index contributed by atoms with van der Waals surface area (Å²) < 4.78 is 19.2. The van der Waals surface area contributed by atoms with Crippen molar-refractivity contribution in [3.05, 3.63) is 24.0 Å². The van der Waals surface area contributed by atoms with Crippen molar-refractivity contribution in [1.29, 1.82) is 0 Å². The molecule has 10 nitrogen and oxygen atoms in total. The van der Waals surface area contributed by atoms with Gasteiger partial charge in [-0.1, -0.05) is 26.2 Å². The Labute approximate surface area is 210 Å². The second-order valence-corrected chi connectivity index (χ2v) is 9.50. The summed E-state index contributed by atoms with van der Waals surface area (Å²) in [6.07, 6.45) is 7.89. The zero-order valence-electron chi connectivity index (χ0n) is 20.9. The summed E-state index contributed by atoms with van der Waals surface area (Å²) in [4.78, 5) is 25.6. The first kappa shape index (κ1) is 25.9. The highest BCUT2D eigenvalue weighted by atomic mass is 19.1. The molecule has 1 saturated heterocycles. The quantitative estimate of drug-likeness (QED) is 0.306. The number of carboxylic acid groups (broad SMARTS) is 1. The lowest BCUT2D eigenvalue weighted by Gasteiger charge is -2.28. The number of hydrogen-bond acceptors (Lipinski definition) is 9. The van der Waals surface area contributed by atoms with Gasteiger partial charge in [0.15, 0.2) is 11.6 Å². The largest absolute Gasteiger partial charge is 0.494 e. The Kier molecular flexibility index (Phi) is 8.74. The maximum Gasteiger partial charge on any atom is 0.326 e. The summed E-state index contributed by atoms with van der Waals surface area (Å²) in [5, 5.41) is 22.9. The Morgan fingerprint density at radius 3 is 2.44 bits per heavy atom. The van der Waals surface area contributed by atoms with Gasteiger partial charge in [-0.3, -0.25) is 0 Å². The van der Waals surface area contributed by atoms with Crippen LogP contribution in [0.5, 0.6) is 5.75 Å². The molecule has 4 rings (SSSR count). The van der Waals surface area contributed by atoms with Gasteiger partial charge in [0.25, 0.3) is 0 Å². The number of ether oxygens (including phenoxy) is 1. The summed E-state index contributed by atoms with van der Waals surface area (Å²) in [5.74, 6) is -0.634. The molecule has 196 valence electrons.